The lowest BCUT2D eigenvalue weighted by atomic mass is 10.1. The molecular formula is C24H21N3O3. The Morgan fingerprint density at radius 1 is 0.933 bits per heavy atom. The second-order valence-corrected chi connectivity index (χ2v) is 7.50. The fourth-order valence-corrected chi connectivity index (χ4v) is 4.07. The molecule has 5 rings (SSSR count). The number of amides is 1. The first kappa shape index (κ1) is 18.4. The summed E-state index contributed by atoms with van der Waals surface area (Å²) in [4.78, 5) is 12.7. The van der Waals surface area contributed by atoms with Gasteiger partial charge in [0, 0.05) is 12.8 Å². The van der Waals surface area contributed by atoms with Crippen LogP contribution in [0.3, 0.4) is 0 Å². The largest absolute Gasteiger partial charge is 0.466 e. The SMILES string of the molecule is Cc1cc(-c2nnc(CCC(=O)NC3c4ccccc4-c4ccccc43)o2)c(C)o1. The van der Waals surface area contributed by atoms with E-state index in [0.717, 1.165) is 28.2 Å². The highest BCUT2D eigenvalue weighted by molar-refractivity contribution is 5.83. The first-order valence-electron chi connectivity index (χ1n) is 9.97. The summed E-state index contributed by atoms with van der Waals surface area (Å²) >= 11 is 0. The first-order valence-corrected chi connectivity index (χ1v) is 9.97. The molecule has 2 aromatic heterocycles. The zero-order valence-electron chi connectivity index (χ0n) is 16.8. The molecule has 0 bridgehead atoms. The Morgan fingerprint density at radius 3 is 2.23 bits per heavy atom. The summed E-state index contributed by atoms with van der Waals surface area (Å²) in [6, 6.07) is 18.1. The quantitative estimate of drug-likeness (QED) is 0.523. The monoisotopic (exact) mass is 399 g/mol. The fourth-order valence-electron chi connectivity index (χ4n) is 4.07. The van der Waals surface area contributed by atoms with Crippen LogP contribution in [0.25, 0.3) is 22.6 Å². The zero-order valence-corrected chi connectivity index (χ0v) is 16.8. The van der Waals surface area contributed by atoms with Crippen LogP contribution in [0, 0.1) is 13.8 Å². The molecule has 6 nitrogen and oxygen atoms in total. The molecule has 0 aliphatic heterocycles. The van der Waals surface area contributed by atoms with E-state index in [1.165, 1.54) is 11.1 Å². The van der Waals surface area contributed by atoms with Crippen molar-refractivity contribution < 1.29 is 13.6 Å². The van der Waals surface area contributed by atoms with Gasteiger partial charge >= 0.3 is 0 Å². The predicted molar refractivity (Wildman–Crippen MR) is 112 cm³/mol. The minimum absolute atomic E-state index is 0.0541. The fraction of sp³-hybridized carbons (Fsp3) is 0.208. The number of hydrogen-bond acceptors (Lipinski definition) is 5. The van der Waals surface area contributed by atoms with E-state index in [0.29, 0.717) is 18.2 Å². The van der Waals surface area contributed by atoms with Gasteiger partial charge in [0.15, 0.2) is 0 Å². The van der Waals surface area contributed by atoms with E-state index in [1.807, 2.05) is 44.2 Å². The topological polar surface area (TPSA) is 81.2 Å². The lowest BCUT2D eigenvalue weighted by Gasteiger charge is -2.15. The van der Waals surface area contributed by atoms with Gasteiger partial charge in [-0.1, -0.05) is 48.5 Å². The molecule has 0 unspecified atom stereocenters. The summed E-state index contributed by atoms with van der Waals surface area (Å²) < 4.78 is 11.3. The maximum Gasteiger partial charge on any atom is 0.251 e. The number of benzene rings is 2. The third-order valence-corrected chi connectivity index (χ3v) is 5.44. The van der Waals surface area contributed by atoms with Gasteiger partial charge in [0.05, 0.1) is 11.6 Å². The third kappa shape index (κ3) is 3.20. The molecule has 0 radical (unpaired) electrons. The lowest BCUT2D eigenvalue weighted by Crippen LogP contribution is -2.28. The number of furan rings is 1. The molecule has 1 N–H and O–H groups in total. The van der Waals surface area contributed by atoms with Gasteiger partial charge in [0.25, 0.3) is 5.89 Å². The average Bonchev–Trinajstić information content (AvgIpc) is 3.43. The molecule has 0 spiro atoms. The minimum atomic E-state index is -0.139. The highest BCUT2D eigenvalue weighted by atomic mass is 16.4. The van der Waals surface area contributed by atoms with E-state index in [2.05, 4.69) is 39.8 Å². The van der Waals surface area contributed by atoms with Crippen molar-refractivity contribution >= 4 is 5.91 Å². The number of rotatable bonds is 5. The van der Waals surface area contributed by atoms with E-state index < -0.39 is 0 Å². The number of nitrogens with zero attached hydrogens (tertiary/aromatic N) is 2. The van der Waals surface area contributed by atoms with E-state index in [9.17, 15) is 4.79 Å². The van der Waals surface area contributed by atoms with Crippen LogP contribution in [0.2, 0.25) is 0 Å². The van der Waals surface area contributed by atoms with Gasteiger partial charge in [0.1, 0.15) is 11.5 Å². The second-order valence-electron chi connectivity index (χ2n) is 7.50. The van der Waals surface area contributed by atoms with Crippen molar-refractivity contribution in [3.8, 4) is 22.6 Å². The summed E-state index contributed by atoms with van der Waals surface area (Å²) in [5, 5.41) is 11.3. The van der Waals surface area contributed by atoms with E-state index in [-0.39, 0.29) is 18.4 Å². The smallest absolute Gasteiger partial charge is 0.251 e. The Morgan fingerprint density at radius 2 is 1.60 bits per heavy atom. The molecule has 1 amide bonds. The third-order valence-electron chi connectivity index (χ3n) is 5.44. The molecule has 0 saturated carbocycles. The van der Waals surface area contributed by atoms with Crippen LogP contribution in [-0.4, -0.2) is 16.1 Å². The maximum absolute atomic E-state index is 12.7. The second kappa shape index (κ2) is 7.30. The molecule has 1 aliphatic carbocycles. The first-order chi connectivity index (χ1) is 14.6. The van der Waals surface area contributed by atoms with Crippen molar-refractivity contribution in [3.63, 3.8) is 0 Å². The average molecular weight is 399 g/mol. The number of aromatic nitrogens is 2. The molecule has 2 heterocycles. The van der Waals surface area contributed by atoms with Crippen LogP contribution in [0.5, 0.6) is 0 Å². The number of carbonyl (C=O) groups excluding carboxylic acids is 1. The Kier molecular flexibility index (Phi) is 4.47. The number of carbonyl (C=O) groups is 1. The van der Waals surface area contributed by atoms with Crippen LogP contribution in [-0.2, 0) is 11.2 Å². The van der Waals surface area contributed by atoms with Gasteiger partial charge < -0.3 is 14.2 Å². The zero-order chi connectivity index (χ0) is 20.7. The van der Waals surface area contributed by atoms with E-state index in [4.69, 9.17) is 8.83 Å². The molecular weight excluding hydrogens is 378 g/mol. The van der Waals surface area contributed by atoms with Gasteiger partial charge in [-0.25, -0.2) is 0 Å². The summed E-state index contributed by atoms with van der Waals surface area (Å²) in [5.74, 6) is 2.32. The lowest BCUT2D eigenvalue weighted by molar-refractivity contribution is -0.121. The van der Waals surface area contributed by atoms with Crippen molar-refractivity contribution in [3.05, 3.63) is 83.1 Å². The van der Waals surface area contributed by atoms with Crippen molar-refractivity contribution in [2.75, 3.05) is 0 Å². The van der Waals surface area contributed by atoms with Crippen LogP contribution in [0.1, 0.15) is 41.0 Å². The van der Waals surface area contributed by atoms with Gasteiger partial charge in [-0.2, -0.15) is 0 Å². The molecule has 0 atom stereocenters. The molecule has 2 aromatic carbocycles. The van der Waals surface area contributed by atoms with E-state index in [1.54, 1.807) is 0 Å². The molecule has 0 fully saturated rings. The summed E-state index contributed by atoms with van der Waals surface area (Å²) in [6.07, 6.45) is 0.649. The molecule has 30 heavy (non-hydrogen) atoms. The molecule has 150 valence electrons. The molecule has 6 heteroatoms. The Hall–Kier alpha value is -3.67. The number of aryl methyl sites for hydroxylation is 3. The van der Waals surface area contributed by atoms with Gasteiger partial charge in [-0.05, 0) is 42.2 Å². The van der Waals surface area contributed by atoms with Crippen molar-refractivity contribution in [1.82, 2.24) is 15.5 Å². The van der Waals surface area contributed by atoms with E-state index >= 15 is 0 Å². The van der Waals surface area contributed by atoms with Crippen LogP contribution < -0.4 is 5.32 Å². The summed E-state index contributed by atoms with van der Waals surface area (Å²) in [6.45, 7) is 3.73. The molecule has 0 saturated heterocycles. The van der Waals surface area contributed by atoms with Crippen LogP contribution >= 0.6 is 0 Å². The Labute approximate surface area is 173 Å². The standard InChI is InChI=1S/C24H21N3O3/c1-14-13-20(15(2)29-14)24-27-26-22(30-24)12-11-21(28)25-23-18-9-5-3-7-16(18)17-8-4-6-10-19(17)23/h3-10,13,23H,11-12H2,1-2H3,(H,25,28). The van der Waals surface area contributed by atoms with Crippen LogP contribution in [0.4, 0.5) is 0 Å². The highest BCUT2D eigenvalue weighted by Crippen LogP contribution is 2.43. The van der Waals surface area contributed by atoms with Crippen LogP contribution in [0.15, 0.2) is 63.4 Å². The Balaban J connectivity index is 1.28. The number of hydrogen-bond donors (Lipinski definition) is 1. The Bertz CT molecular complexity index is 1190. The molecule has 4 aromatic rings. The predicted octanol–water partition coefficient (Wildman–Crippen LogP) is 4.77. The number of fused-ring (bicyclic) bond motifs is 3. The maximum atomic E-state index is 12.7. The summed E-state index contributed by atoms with van der Waals surface area (Å²) in [5.41, 5.74) is 5.38. The highest BCUT2D eigenvalue weighted by Gasteiger charge is 2.29. The minimum Gasteiger partial charge on any atom is -0.466 e. The van der Waals surface area contributed by atoms with Gasteiger partial charge in [-0.15, -0.1) is 10.2 Å². The van der Waals surface area contributed by atoms with Crippen molar-refractivity contribution in [2.45, 2.75) is 32.7 Å². The summed E-state index contributed by atoms with van der Waals surface area (Å²) in [7, 11) is 0. The van der Waals surface area contributed by atoms with Crippen molar-refractivity contribution in [1.29, 1.82) is 0 Å². The normalized spacial score (nSPS) is 12.6. The molecule has 1 aliphatic rings. The number of nitrogens with one attached hydrogen (secondary N) is 1. The van der Waals surface area contributed by atoms with Crippen molar-refractivity contribution in [2.24, 2.45) is 0 Å². The van der Waals surface area contributed by atoms with Gasteiger partial charge in [-0.3, -0.25) is 4.79 Å². The van der Waals surface area contributed by atoms with Gasteiger partial charge in [0.2, 0.25) is 11.8 Å².